The van der Waals surface area contributed by atoms with Crippen LogP contribution in [0.2, 0.25) is 5.28 Å². The average Bonchev–Trinajstić information content (AvgIpc) is 2.96. The van der Waals surface area contributed by atoms with Crippen molar-refractivity contribution in [2.75, 3.05) is 21.7 Å². The predicted octanol–water partition coefficient (Wildman–Crippen LogP) is 10.2. The Labute approximate surface area is 327 Å². The van der Waals surface area contributed by atoms with Gasteiger partial charge < -0.3 is 21.7 Å². The molecule has 0 saturated carbocycles. The van der Waals surface area contributed by atoms with Gasteiger partial charge in [-0.3, -0.25) is 9.59 Å². The number of anilines is 5. The van der Waals surface area contributed by atoms with Gasteiger partial charge in [0.15, 0.2) is 0 Å². The van der Waals surface area contributed by atoms with Crippen molar-refractivity contribution in [3.63, 3.8) is 0 Å². The molecule has 2 heterocycles. The Bertz CT molecular complexity index is 2030. The zero-order valence-corrected chi connectivity index (χ0v) is 32.9. The van der Waals surface area contributed by atoms with Crippen molar-refractivity contribution in [2.24, 2.45) is 0 Å². The van der Waals surface area contributed by atoms with E-state index in [2.05, 4.69) is 113 Å². The molecule has 2 amide bonds. The van der Waals surface area contributed by atoms with E-state index < -0.39 is 0 Å². The summed E-state index contributed by atoms with van der Waals surface area (Å²) in [5.41, 5.74) is 10.2. The molecule has 0 aliphatic carbocycles. The van der Waals surface area contributed by atoms with E-state index in [-0.39, 0.29) is 24.5 Å². The normalized spacial score (nSPS) is 10.1. The van der Waals surface area contributed by atoms with Crippen molar-refractivity contribution in [3.8, 4) is 0 Å². The fraction of sp³-hybridized carbons (Fsp3) is 0.0909. The SMILES string of the molecule is C.CC(=O)Nc1cc(I)cc(Nc2ncc3cc(Br)ccc3n2)c1.CC(=O)Nc1cc(N)cc(I)c1.Clc1ncc2cc(Br)ccc2n1. The summed E-state index contributed by atoms with van der Waals surface area (Å²) in [5.74, 6) is 0.317. The number of nitrogens with one attached hydrogen (secondary N) is 3. The molecule has 0 saturated heterocycles. The molecule has 0 bridgehead atoms. The lowest BCUT2D eigenvalue weighted by Crippen LogP contribution is -2.06. The van der Waals surface area contributed by atoms with Gasteiger partial charge in [0.05, 0.1) is 11.0 Å². The van der Waals surface area contributed by atoms with Crippen LogP contribution in [0, 0.1) is 7.14 Å². The van der Waals surface area contributed by atoms with Crippen LogP contribution >= 0.6 is 88.6 Å². The number of hydrogen-bond acceptors (Lipinski definition) is 8. The summed E-state index contributed by atoms with van der Waals surface area (Å²) in [7, 11) is 0. The second-order valence-electron chi connectivity index (χ2n) is 9.73. The van der Waals surface area contributed by atoms with Gasteiger partial charge >= 0.3 is 0 Å². The number of nitrogens with zero attached hydrogens (tertiary/aromatic N) is 4. The first kappa shape index (κ1) is 39.3. The number of nitrogens with two attached hydrogens (primary N) is 1. The molecule has 10 nitrogen and oxygen atoms in total. The van der Waals surface area contributed by atoms with Crippen LogP contribution in [0.1, 0.15) is 21.3 Å². The molecule has 0 radical (unpaired) electrons. The number of amides is 2. The minimum atomic E-state index is -0.106. The van der Waals surface area contributed by atoms with E-state index in [0.717, 1.165) is 55.0 Å². The van der Waals surface area contributed by atoms with Gasteiger partial charge in [0, 0.05) is 75.8 Å². The molecule has 6 rings (SSSR count). The van der Waals surface area contributed by atoms with E-state index in [9.17, 15) is 9.59 Å². The highest BCUT2D eigenvalue weighted by molar-refractivity contribution is 14.1. The Hall–Kier alpha value is -3.19. The first-order valence-electron chi connectivity index (χ1n) is 13.5. The van der Waals surface area contributed by atoms with E-state index in [1.54, 1.807) is 18.5 Å². The highest BCUT2D eigenvalue weighted by atomic mass is 127. The van der Waals surface area contributed by atoms with Gasteiger partial charge in [0.25, 0.3) is 0 Å². The summed E-state index contributed by atoms with van der Waals surface area (Å²) in [5, 5.41) is 10.8. The standard InChI is InChI=1S/C16H12BrIN4O.C8H4BrClN2.C8H9IN2O.CH4/c1-9(23)20-13-5-12(18)6-14(7-13)21-16-19-8-10-4-11(17)2-3-15(10)22-16;9-6-1-2-7-5(3-6)4-11-8(10)12-7;1-5(12)11-8-3-6(9)2-7(10)4-8;/h2-8H,1H3,(H,20,23)(H,19,21,22);1-4H;2-4H,10H2,1H3,(H,11,12);1H4. The van der Waals surface area contributed by atoms with E-state index >= 15 is 0 Å². The van der Waals surface area contributed by atoms with Crippen LogP contribution in [0.15, 0.2) is 94.1 Å². The molecule has 248 valence electrons. The predicted molar refractivity (Wildman–Crippen MR) is 221 cm³/mol. The molecule has 5 N–H and O–H groups in total. The Morgan fingerprint density at radius 1 is 0.708 bits per heavy atom. The number of carbonyl (C=O) groups excluding carboxylic acids is 2. The van der Waals surface area contributed by atoms with Gasteiger partial charge in [-0.15, -0.1) is 0 Å². The topological polar surface area (TPSA) is 148 Å². The van der Waals surface area contributed by atoms with Crippen LogP contribution in [0.25, 0.3) is 21.8 Å². The molecule has 0 aliphatic rings. The zero-order valence-electron chi connectivity index (χ0n) is 24.7. The first-order valence-corrected chi connectivity index (χ1v) is 17.6. The van der Waals surface area contributed by atoms with E-state index in [4.69, 9.17) is 17.3 Å². The minimum Gasteiger partial charge on any atom is -0.399 e. The van der Waals surface area contributed by atoms with Crippen molar-refractivity contribution in [1.29, 1.82) is 0 Å². The maximum atomic E-state index is 11.2. The highest BCUT2D eigenvalue weighted by Crippen LogP contribution is 2.24. The number of benzene rings is 4. The Morgan fingerprint density at radius 3 is 1.77 bits per heavy atom. The number of hydrogen-bond donors (Lipinski definition) is 4. The van der Waals surface area contributed by atoms with E-state index in [1.165, 1.54) is 13.8 Å². The molecule has 0 atom stereocenters. The van der Waals surface area contributed by atoms with Gasteiger partial charge in [-0.1, -0.05) is 39.3 Å². The first-order chi connectivity index (χ1) is 22.3. The lowest BCUT2D eigenvalue weighted by Gasteiger charge is -2.09. The lowest BCUT2D eigenvalue weighted by atomic mass is 10.2. The second-order valence-corrected chi connectivity index (χ2v) is 14.4. The summed E-state index contributed by atoms with van der Waals surface area (Å²) >= 11 is 16.8. The maximum absolute atomic E-state index is 11.2. The molecule has 48 heavy (non-hydrogen) atoms. The van der Waals surface area contributed by atoms with Crippen molar-refractivity contribution in [3.05, 3.63) is 107 Å². The molecule has 0 spiro atoms. The van der Waals surface area contributed by atoms with E-state index in [0.29, 0.717) is 11.6 Å². The van der Waals surface area contributed by atoms with Crippen LogP contribution in [-0.4, -0.2) is 31.8 Å². The highest BCUT2D eigenvalue weighted by Gasteiger charge is 2.05. The fourth-order valence-corrected chi connectivity index (χ4v) is 6.26. The summed E-state index contributed by atoms with van der Waals surface area (Å²) in [6, 6.07) is 22.7. The average molecular weight is 1020 g/mol. The van der Waals surface area contributed by atoms with Crippen LogP contribution in [0.4, 0.5) is 28.7 Å². The molecule has 0 fully saturated rings. The number of nitrogen functional groups attached to an aromatic ring is 1. The van der Waals surface area contributed by atoms with Crippen molar-refractivity contribution in [2.45, 2.75) is 21.3 Å². The Morgan fingerprint density at radius 2 is 1.21 bits per heavy atom. The number of carbonyl (C=O) groups is 2. The minimum absolute atomic E-state index is 0. The summed E-state index contributed by atoms with van der Waals surface area (Å²) < 4.78 is 4.02. The van der Waals surface area contributed by atoms with Crippen molar-refractivity contribution in [1.82, 2.24) is 19.9 Å². The number of aromatic nitrogens is 4. The summed E-state index contributed by atoms with van der Waals surface area (Å²) in [6.45, 7) is 2.95. The van der Waals surface area contributed by atoms with Gasteiger partial charge in [-0.2, -0.15) is 0 Å². The van der Waals surface area contributed by atoms with Gasteiger partial charge in [0.1, 0.15) is 0 Å². The van der Waals surface area contributed by atoms with E-state index in [1.807, 2.05) is 66.7 Å². The van der Waals surface area contributed by atoms with Crippen molar-refractivity contribution >= 4 is 151 Å². The molecule has 0 aliphatic heterocycles. The quantitative estimate of drug-likeness (QED) is 0.0776. The second kappa shape index (κ2) is 18.5. The third kappa shape index (κ3) is 12.7. The van der Waals surface area contributed by atoms with Gasteiger partial charge in [-0.05, 0) is 130 Å². The van der Waals surface area contributed by atoms with Gasteiger partial charge in [-0.25, -0.2) is 19.9 Å². The monoisotopic (exact) mass is 1020 g/mol. The van der Waals surface area contributed by atoms with Gasteiger partial charge in [0.2, 0.25) is 23.0 Å². The van der Waals surface area contributed by atoms with Crippen LogP contribution in [-0.2, 0) is 9.59 Å². The summed E-state index contributed by atoms with van der Waals surface area (Å²) in [6.07, 6.45) is 3.48. The molecular weight excluding hydrogens is 989 g/mol. The molecular formula is C33H29Br2ClI2N8O2. The van der Waals surface area contributed by atoms with Crippen LogP contribution < -0.4 is 21.7 Å². The van der Waals surface area contributed by atoms with Crippen LogP contribution in [0.3, 0.4) is 0 Å². The molecule has 6 aromatic rings. The maximum Gasteiger partial charge on any atom is 0.227 e. The third-order valence-electron chi connectivity index (χ3n) is 5.77. The van der Waals surface area contributed by atoms with Crippen LogP contribution in [0.5, 0.6) is 0 Å². The lowest BCUT2D eigenvalue weighted by molar-refractivity contribution is -0.115. The molecule has 4 aromatic carbocycles. The number of rotatable bonds is 4. The molecule has 0 unspecified atom stereocenters. The summed E-state index contributed by atoms with van der Waals surface area (Å²) in [4.78, 5) is 38.6. The number of halogens is 5. The molecule has 15 heteroatoms. The fourth-order valence-electron chi connectivity index (χ4n) is 4.00. The Balaban J connectivity index is 0.000000212. The zero-order chi connectivity index (χ0) is 34.1. The smallest absolute Gasteiger partial charge is 0.227 e. The largest absolute Gasteiger partial charge is 0.399 e. The third-order valence-corrected chi connectivity index (χ3v) is 8.18. The number of fused-ring (bicyclic) bond motifs is 2. The Kier molecular flexibility index (Phi) is 15.2. The van der Waals surface area contributed by atoms with Crippen molar-refractivity contribution < 1.29 is 9.59 Å². The molecule has 2 aromatic heterocycles.